The van der Waals surface area contributed by atoms with Gasteiger partial charge in [-0.1, -0.05) is 24.1 Å². The van der Waals surface area contributed by atoms with E-state index in [1.54, 1.807) is 18.2 Å². The third-order valence-corrected chi connectivity index (χ3v) is 3.57. The lowest BCUT2D eigenvalue weighted by atomic mass is 9.98. The predicted octanol–water partition coefficient (Wildman–Crippen LogP) is 3.00. The second-order valence-corrected chi connectivity index (χ2v) is 6.84. The molecule has 0 saturated heterocycles. The Balaban J connectivity index is 3.14. The van der Waals surface area contributed by atoms with Crippen molar-refractivity contribution in [1.29, 1.82) is 0 Å². The zero-order valence-corrected chi connectivity index (χ0v) is 12.4. The maximum absolute atomic E-state index is 12.1. The number of sulfone groups is 1. The number of ether oxygens (including phenoxy) is 1. The molecule has 0 radical (unpaired) electrons. The smallest absolute Gasteiger partial charge is 0.204 e. The van der Waals surface area contributed by atoms with E-state index in [9.17, 15) is 8.42 Å². The molecule has 0 amide bonds. The first-order valence-corrected chi connectivity index (χ1v) is 7.38. The molecule has 0 saturated carbocycles. The van der Waals surface area contributed by atoms with Gasteiger partial charge in [0.15, 0.2) is 5.76 Å². The third kappa shape index (κ3) is 5.19. The van der Waals surface area contributed by atoms with Gasteiger partial charge >= 0.3 is 0 Å². The molecule has 0 aliphatic rings. The van der Waals surface area contributed by atoms with Gasteiger partial charge in [-0.15, -0.1) is 0 Å². The van der Waals surface area contributed by atoms with E-state index in [1.807, 2.05) is 20.8 Å². The van der Waals surface area contributed by atoms with E-state index in [4.69, 9.17) is 4.74 Å². The van der Waals surface area contributed by atoms with Crippen LogP contribution in [0.1, 0.15) is 20.8 Å². The highest BCUT2D eigenvalue weighted by Gasteiger charge is 2.12. The number of methoxy groups -OCH3 is 1. The van der Waals surface area contributed by atoms with Gasteiger partial charge in [0, 0.05) is 5.41 Å². The molecule has 4 heteroatoms. The van der Waals surface area contributed by atoms with Crippen LogP contribution in [0, 0.1) is 17.3 Å². The molecule has 0 atom stereocenters. The normalized spacial score (nSPS) is 12.5. The zero-order chi connectivity index (χ0) is 14.5. The Hall–Kier alpha value is -1.73. The molecular weight excluding hydrogens is 260 g/mol. The van der Waals surface area contributed by atoms with E-state index >= 15 is 0 Å². The molecule has 0 aliphatic heterocycles. The quantitative estimate of drug-likeness (QED) is 0.630. The van der Waals surface area contributed by atoms with Crippen LogP contribution in [-0.2, 0) is 14.6 Å². The van der Waals surface area contributed by atoms with Crippen LogP contribution in [0.25, 0.3) is 0 Å². The van der Waals surface area contributed by atoms with Crippen molar-refractivity contribution in [2.24, 2.45) is 5.41 Å². The molecular formula is C15H18O3S. The molecule has 0 bridgehead atoms. The van der Waals surface area contributed by atoms with Gasteiger partial charge in [-0.25, -0.2) is 8.42 Å². The van der Waals surface area contributed by atoms with Crippen LogP contribution in [0.3, 0.4) is 0 Å². The molecule has 3 nitrogen and oxygen atoms in total. The molecule has 1 aromatic carbocycles. The Labute approximate surface area is 115 Å². The summed E-state index contributed by atoms with van der Waals surface area (Å²) in [6, 6.07) is 8.19. The second kappa shape index (κ2) is 5.94. The maximum atomic E-state index is 12.1. The highest BCUT2D eigenvalue weighted by molar-refractivity contribution is 7.94. The van der Waals surface area contributed by atoms with Gasteiger partial charge in [-0.2, -0.15) is 0 Å². The lowest BCUT2D eigenvalue weighted by molar-refractivity contribution is 0.311. The standard InChI is InChI=1S/C15H18O3S/c1-15(2,3)11-10-13(18-4)12-19(16,17)14-8-6-5-7-9-14/h5-9,12H,1-4H3/b13-12-. The summed E-state index contributed by atoms with van der Waals surface area (Å²) >= 11 is 0. The van der Waals surface area contributed by atoms with Crippen LogP contribution in [0.15, 0.2) is 46.4 Å². The molecule has 1 rings (SSSR count). The molecule has 1 aromatic rings. The first-order chi connectivity index (χ1) is 8.74. The fourth-order valence-electron chi connectivity index (χ4n) is 1.20. The van der Waals surface area contributed by atoms with Gasteiger partial charge in [-0.05, 0) is 38.8 Å². The third-order valence-electron chi connectivity index (χ3n) is 2.11. The summed E-state index contributed by atoms with van der Waals surface area (Å²) in [7, 11) is -2.12. The van der Waals surface area contributed by atoms with Crippen molar-refractivity contribution in [1.82, 2.24) is 0 Å². The minimum Gasteiger partial charge on any atom is -0.488 e. The summed E-state index contributed by atoms with van der Waals surface area (Å²) in [6.45, 7) is 5.83. The molecule has 0 spiro atoms. The molecule has 0 heterocycles. The van der Waals surface area contributed by atoms with E-state index in [0.717, 1.165) is 5.41 Å². The first-order valence-electron chi connectivity index (χ1n) is 5.83. The van der Waals surface area contributed by atoms with Gasteiger partial charge < -0.3 is 4.74 Å². The predicted molar refractivity (Wildman–Crippen MR) is 76.0 cm³/mol. The lowest BCUT2D eigenvalue weighted by Gasteiger charge is -2.07. The van der Waals surface area contributed by atoms with Gasteiger partial charge in [-0.3, -0.25) is 0 Å². The van der Waals surface area contributed by atoms with Crippen LogP contribution < -0.4 is 0 Å². The fraction of sp³-hybridized carbons (Fsp3) is 0.333. The Morgan fingerprint density at radius 1 is 1.21 bits per heavy atom. The number of hydrogen-bond acceptors (Lipinski definition) is 3. The maximum Gasteiger partial charge on any atom is 0.204 e. The summed E-state index contributed by atoms with van der Waals surface area (Å²) in [5.41, 5.74) is -0.214. The summed E-state index contributed by atoms with van der Waals surface area (Å²) in [5, 5.41) is 1.06. The first kappa shape index (κ1) is 15.3. The van der Waals surface area contributed by atoms with E-state index in [2.05, 4.69) is 11.8 Å². The molecule has 102 valence electrons. The minimum atomic E-state index is -3.53. The molecule has 0 N–H and O–H groups in total. The van der Waals surface area contributed by atoms with Crippen LogP contribution in [0.2, 0.25) is 0 Å². The highest BCUT2D eigenvalue weighted by Crippen LogP contribution is 2.15. The van der Waals surface area contributed by atoms with Crippen LogP contribution >= 0.6 is 0 Å². The van der Waals surface area contributed by atoms with Gasteiger partial charge in [0.1, 0.15) is 0 Å². The summed E-state index contributed by atoms with van der Waals surface area (Å²) in [6.07, 6.45) is 0. The number of hydrogen-bond donors (Lipinski definition) is 0. The van der Waals surface area contributed by atoms with Crippen molar-refractivity contribution in [2.45, 2.75) is 25.7 Å². The molecule has 19 heavy (non-hydrogen) atoms. The van der Waals surface area contributed by atoms with Crippen LogP contribution in [-0.4, -0.2) is 15.5 Å². The van der Waals surface area contributed by atoms with Crippen molar-refractivity contribution < 1.29 is 13.2 Å². The SMILES string of the molecule is CO/C(C#CC(C)(C)C)=C\S(=O)(=O)c1ccccc1. The summed E-state index contributed by atoms with van der Waals surface area (Å²) in [5.74, 6) is 5.82. The van der Waals surface area contributed by atoms with Crippen molar-refractivity contribution >= 4 is 9.84 Å². The molecule has 0 aliphatic carbocycles. The van der Waals surface area contributed by atoms with Crippen molar-refractivity contribution in [2.75, 3.05) is 7.11 Å². The highest BCUT2D eigenvalue weighted by atomic mass is 32.2. The Morgan fingerprint density at radius 3 is 2.26 bits per heavy atom. The Kier molecular flexibility index (Phi) is 4.79. The summed E-state index contributed by atoms with van der Waals surface area (Å²) < 4.78 is 29.2. The number of rotatable bonds is 3. The van der Waals surface area contributed by atoms with Gasteiger partial charge in [0.2, 0.25) is 9.84 Å². The van der Waals surface area contributed by atoms with Crippen molar-refractivity contribution in [3.63, 3.8) is 0 Å². The fourth-order valence-corrected chi connectivity index (χ4v) is 2.31. The van der Waals surface area contributed by atoms with Crippen LogP contribution in [0.5, 0.6) is 0 Å². The minimum absolute atomic E-state index is 0.138. The van der Waals surface area contributed by atoms with Crippen LogP contribution in [0.4, 0.5) is 0 Å². The van der Waals surface area contributed by atoms with E-state index in [0.29, 0.717) is 0 Å². The topological polar surface area (TPSA) is 43.4 Å². The number of benzene rings is 1. The number of allylic oxidation sites excluding steroid dienone is 1. The largest absolute Gasteiger partial charge is 0.488 e. The zero-order valence-electron chi connectivity index (χ0n) is 11.6. The van der Waals surface area contributed by atoms with Crippen molar-refractivity contribution in [3.05, 3.63) is 41.5 Å². The van der Waals surface area contributed by atoms with Gasteiger partial charge in [0.25, 0.3) is 0 Å². The van der Waals surface area contributed by atoms with E-state index in [-0.39, 0.29) is 16.1 Å². The van der Waals surface area contributed by atoms with E-state index in [1.165, 1.54) is 19.2 Å². The van der Waals surface area contributed by atoms with E-state index < -0.39 is 9.84 Å². The molecule has 0 unspecified atom stereocenters. The monoisotopic (exact) mass is 278 g/mol. The lowest BCUT2D eigenvalue weighted by Crippen LogP contribution is -2.01. The second-order valence-electron chi connectivity index (χ2n) is 5.04. The molecule has 0 fully saturated rings. The molecule has 0 aromatic heterocycles. The Bertz CT molecular complexity index is 609. The average molecular weight is 278 g/mol. The van der Waals surface area contributed by atoms with Crippen molar-refractivity contribution in [3.8, 4) is 11.8 Å². The summed E-state index contributed by atoms with van der Waals surface area (Å²) in [4.78, 5) is 0.224. The Morgan fingerprint density at radius 2 is 1.79 bits per heavy atom. The van der Waals surface area contributed by atoms with Gasteiger partial charge in [0.05, 0.1) is 17.4 Å². The average Bonchev–Trinajstić information content (AvgIpc) is 2.34.